The van der Waals surface area contributed by atoms with Crippen molar-refractivity contribution >= 4 is 5.91 Å². The Labute approximate surface area is 147 Å². The van der Waals surface area contributed by atoms with Crippen molar-refractivity contribution in [1.29, 1.82) is 0 Å². The lowest BCUT2D eigenvalue weighted by molar-refractivity contribution is -0.132. The van der Waals surface area contributed by atoms with Gasteiger partial charge in [0, 0.05) is 19.5 Å². The molecule has 1 amide bonds. The van der Waals surface area contributed by atoms with Gasteiger partial charge in [0.1, 0.15) is 5.82 Å². The van der Waals surface area contributed by atoms with Gasteiger partial charge in [-0.3, -0.25) is 4.79 Å². The maximum absolute atomic E-state index is 13.7. The van der Waals surface area contributed by atoms with Crippen LogP contribution in [0.3, 0.4) is 0 Å². The number of hydrogen-bond acceptors (Lipinski definition) is 3. The lowest BCUT2D eigenvalue weighted by atomic mass is 9.98. The molecule has 0 fully saturated rings. The minimum atomic E-state index is -0.254. The van der Waals surface area contributed by atoms with Crippen molar-refractivity contribution in [1.82, 2.24) is 4.90 Å². The molecule has 0 radical (unpaired) electrons. The highest BCUT2D eigenvalue weighted by molar-refractivity contribution is 5.77. The Morgan fingerprint density at radius 3 is 2.48 bits per heavy atom. The van der Waals surface area contributed by atoms with Crippen LogP contribution in [0.5, 0.6) is 11.5 Å². The number of fused-ring (bicyclic) bond motifs is 1. The smallest absolute Gasteiger partial charge is 0.223 e. The molecule has 132 valence electrons. The van der Waals surface area contributed by atoms with Crippen LogP contribution in [0.15, 0.2) is 36.4 Å². The van der Waals surface area contributed by atoms with Crippen LogP contribution >= 0.6 is 0 Å². The third-order valence-electron chi connectivity index (χ3n) is 4.64. The van der Waals surface area contributed by atoms with Gasteiger partial charge in [0.15, 0.2) is 11.5 Å². The minimum Gasteiger partial charge on any atom is -0.493 e. The van der Waals surface area contributed by atoms with Crippen LogP contribution in [0.4, 0.5) is 4.39 Å². The second kappa shape index (κ2) is 7.55. The lowest BCUT2D eigenvalue weighted by Crippen LogP contribution is -2.36. The molecule has 0 saturated carbocycles. The summed E-state index contributed by atoms with van der Waals surface area (Å²) in [4.78, 5) is 14.3. The first kappa shape index (κ1) is 17.3. The number of nitrogens with zero attached hydrogens (tertiary/aromatic N) is 1. The number of ether oxygens (including phenoxy) is 2. The summed E-state index contributed by atoms with van der Waals surface area (Å²) in [6, 6.07) is 10.5. The van der Waals surface area contributed by atoms with Crippen LogP contribution in [0.1, 0.15) is 23.1 Å². The zero-order valence-electron chi connectivity index (χ0n) is 14.5. The highest BCUT2D eigenvalue weighted by atomic mass is 19.1. The van der Waals surface area contributed by atoms with Gasteiger partial charge < -0.3 is 14.4 Å². The molecule has 4 nitrogen and oxygen atoms in total. The number of amides is 1. The fraction of sp³-hybridized carbons (Fsp3) is 0.350. The van der Waals surface area contributed by atoms with Gasteiger partial charge in [-0.25, -0.2) is 4.39 Å². The third kappa shape index (κ3) is 3.76. The molecular formula is C20H22FNO3. The molecule has 0 aromatic heterocycles. The first-order valence-corrected chi connectivity index (χ1v) is 8.37. The maximum atomic E-state index is 13.7. The molecule has 0 saturated heterocycles. The van der Waals surface area contributed by atoms with Crippen LogP contribution in [0.2, 0.25) is 0 Å². The number of aryl methyl sites for hydroxylation is 1. The van der Waals surface area contributed by atoms with E-state index in [4.69, 9.17) is 9.47 Å². The Hall–Kier alpha value is -2.56. The average molecular weight is 343 g/mol. The van der Waals surface area contributed by atoms with Gasteiger partial charge in [-0.05, 0) is 47.7 Å². The summed E-state index contributed by atoms with van der Waals surface area (Å²) in [5.41, 5.74) is 2.83. The number of carbonyl (C=O) groups is 1. The van der Waals surface area contributed by atoms with Crippen LogP contribution in [0.25, 0.3) is 0 Å². The molecule has 0 N–H and O–H groups in total. The Morgan fingerprint density at radius 2 is 1.80 bits per heavy atom. The molecule has 2 aromatic rings. The fourth-order valence-corrected chi connectivity index (χ4v) is 3.20. The zero-order valence-corrected chi connectivity index (χ0v) is 14.5. The van der Waals surface area contributed by atoms with Crippen molar-refractivity contribution < 1.29 is 18.7 Å². The number of methoxy groups -OCH3 is 2. The Bertz CT molecular complexity index is 776. The monoisotopic (exact) mass is 343 g/mol. The van der Waals surface area contributed by atoms with E-state index in [-0.39, 0.29) is 11.7 Å². The first-order valence-electron chi connectivity index (χ1n) is 8.37. The molecule has 0 aliphatic carbocycles. The molecule has 0 atom stereocenters. The topological polar surface area (TPSA) is 38.8 Å². The zero-order chi connectivity index (χ0) is 17.8. The maximum Gasteiger partial charge on any atom is 0.223 e. The highest BCUT2D eigenvalue weighted by Gasteiger charge is 2.22. The molecular weight excluding hydrogens is 321 g/mol. The van der Waals surface area contributed by atoms with E-state index in [0.29, 0.717) is 43.0 Å². The van der Waals surface area contributed by atoms with E-state index >= 15 is 0 Å². The van der Waals surface area contributed by atoms with Gasteiger partial charge in [0.2, 0.25) is 5.91 Å². The van der Waals surface area contributed by atoms with E-state index in [1.165, 1.54) is 11.6 Å². The first-order chi connectivity index (χ1) is 12.1. The van der Waals surface area contributed by atoms with E-state index in [9.17, 15) is 9.18 Å². The lowest BCUT2D eigenvalue weighted by Gasteiger charge is -2.29. The van der Waals surface area contributed by atoms with Gasteiger partial charge in [-0.2, -0.15) is 0 Å². The fourth-order valence-electron chi connectivity index (χ4n) is 3.20. The predicted octanol–water partition coefficient (Wildman–Crippen LogP) is 3.36. The summed E-state index contributed by atoms with van der Waals surface area (Å²) >= 11 is 0. The van der Waals surface area contributed by atoms with Crippen molar-refractivity contribution in [2.24, 2.45) is 0 Å². The number of rotatable bonds is 5. The Balaban J connectivity index is 1.67. The molecule has 1 heterocycles. The van der Waals surface area contributed by atoms with Gasteiger partial charge >= 0.3 is 0 Å². The molecule has 0 bridgehead atoms. The van der Waals surface area contributed by atoms with E-state index in [1.807, 2.05) is 17.0 Å². The molecule has 0 spiro atoms. The second-order valence-electron chi connectivity index (χ2n) is 6.13. The van der Waals surface area contributed by atoms with E-state index < -0.39 is 0 Å². The van der Waals surface area contributed by atoms with E-state index in [1.54, 1.807) is 32.4 Å². The van der Waals surface area contributed by atoms with Crippen LogP contribution < -0.4 is 9.47 Å². The number of hydrogen-bond donors (Lipinski definition) is 0. The molecule has 1 aliphatic heterocycles. The molecule has 3 rings (SSSR count). The standard InChI is InChI=1S/C20H22FNO3/c1-24-18-11-15-9-10-22(13-16(15)12-19(18)25-2)20(23)8-7-14-5-3-4-6-17(14)21/h3-6,11-12H,7-10,13H2,1-2H3. The van der Waals surface area contributed by atoms with Crippen molar-refractivity contribution in [3.63, 3.8) is 0 Å². The second-order valence-corrected chi connectivity index (χ2v) is 6.13. The van der Waals surface area contributed by atoms with Crippen molar-refractivity contribution in [2.45, 2.75) is 25.8 Å². The van der Waals surface area contributed by atoms with Crippen LogP contribution in [-0.4, -0.2) is 31.6 Å². The summed E-state index contributed by atoms with van der Waals surface area (Å²) in [7, 11) is 3.22. The largest absolute Gasteiger partial charge is 0.493 e. The molecule has 5 heteroatoms. The number of carbonyl (C=O) groups excluding carboxylic acids is 1. The SMILES string of the molecule is COc1cc2c(cc1OC)CN(C(=O)CCc1ccccc1F)CC2. The molecule has 25 heavy (non-hydrogen) atoms. The minimum absolute atomic E-state index is 0.0451. The highest BCUT2D eigenvalue weighted by Crippen LogP contribution is 2.33. The van der Waals surface area contributed by atoms with Crippen LogP contribution in [0, 0.1) is 5.82 Å². The predicted molar refractivity (Wildman–Crippen MR) is 93.4 cm³/mol. The molecule has 2 aromatic carbocycles. The van der Waals surface area contributed by atoms with Crippen molar-refractivity contribution in [3.8, 4) is 11.5 Å². The molecule has 0 unspecified atom stereocenters. The quantitative estimate of drug-likeness (QED) is 0.836. The van der Waals surface area contributed by atoms with Gasteiger partial charge in [-0.15, -0.1) is 0 Å². The number of benzene rings is 2. The third-order valence-corrected chi connectivity index (χ3v) is 4.64. The molecule has 1 aliphatic rings. The Kier molecular flexibility index (Phi) is 5.22. The number of halogens is 1. The summed E-state index contributed by atoms with van der Waals surface area (Å²) in [5, 5.41) is 0. The van der Waals surface area contributed by atoms with E-state index in [0.717, 1.165) is 12.0 Å². The van der Waals surface area contributed by atoms with Gasteiger partial charge in [0.05, 0.1) is 14.2 Å². The van der Waals surface area contributed by atoms with Crippen molar-refractivity contribution in [3.05, 3.63) is 58.9 Å². The van der Waals surface area contributed by atoms with Gasteiger partial charge in [0.25, 0.3) is 0 Å². The normalized spacial score (nSPS) is 13.3. The summed E-state index contributed by atoms with van der Waals surface area (Å²) in [6.45, 7) is 1.21. The average Bonchev–Trinajstić information content (AvgIpc) is 2.65. The summed E-state index contributed by atoms with van der Waals surface area (Å²) < 4.78 is 24.4. The Morgan fingerprint density at radius 1 is 1.12 bits per heavy atom. The van der Waals surface area contributed by atoms with Gasteiger partial charge in [-0.1, -0.05) is 18.2 Å². The summed E-state index contributed by atoms with van der Waals surface area (Å²) in [6.07, 6.45) is 1.51. The van der Waals surface area contributed by atoms with E-state index in [2.05, 4.69) is 0 Å². The van der Waals surface area contributed by atoms with Crippen molar-refractivity contribution in [2.75, 3.05) is 20.8 Å². The van der Waals surface area contributed by atoms with Crippen LogP contribution in [-0.2, 0) is 24.2 Å². The summed E-state index contributed by atoms with van der Waals surface area (Å²) in [5.74, 6) is 1.17.